The first kappa shape index (κ1) is 23.1. The predicted molar refractivity (Wildman–Crippen MR) is 115 cm³/mol. The van der Waals surface area contributed by atoms with Gasteiger partial charge in [0, 0.05) is 37.5 Å². The van der Waals surface area contributed by atoms with Gasteiger partial charge in [-0.25, -0.2) is 4.98 Å². The van der Waals surface area contributed by atoms with Crippen LogP contribution in [0.3, 0.4) is 0 Å². The van der Waals surface area contributed by atoms with Gasteiger partial charge in [-0.15, -0.1) is 11.3 Å². The van der Waals surface area contributed by atoms with Gasteiger partial charge in [0.15, 0.2) is 5.01 Å². The summed E-state index contributed by atoms with van der Waals surface area (Å²) in [4.78, 5) is 57.8. The van der Waals surface area contributed by atoms with Crippen LogP contribution in [0.4, 0.5) is 0 Å². The van der Waals surface area contributed by atoms with Gasteiger partial charge < -0.3 is 21.3 Å². The Morgan fingerprint density at radius 2 is 1.84 bits per heavy atom. The van der Waals surface area contributed by atoms with Gasteiger partial charge in [-0.05, 0) is 40.2 Å². The van der Waals surface area contributed by atoms with Crippen molar-refractivity contribution < 1.29 is 19.2 Å². The fourth-order valence-corrected chi connectivity index (χ4v) is 5.33. The minimum Gasteiger partial charge on any atom is -0.361 e. The van der Waals surface area contributed by atoms with E-state index in [0.29, 0.717) is 30.8 Å². The summed E-state index contributed by atoms with van der Waals surface area (Å²) in [6, 6.07) is -1.02. The van der Waals surface area contributed by atoms with E-state index in [2.05, 4.69) is 34.4 Å². The van der Waals surface area contributed by atoms with E-state index in [4.69, 9.17) is 5.73 Å². The predicted octanol–water partition coefficient (Wildman–Crippen LogP) is -0.220. The van der Waals surface area contributed by atoms with Crippen molar-refractivity contribution in [3.63, 3.8) is 0 Å². The Balaban J connectivity index is 1.78. The Bertz CT molecular complexity index is 911. The van der Waals surface area contributed by atoms with E-state index in [1.165, 1.54) is 16.2 Å². The molecular formula is C20H30N6O4S. The monoisotopic (exact) mass is 450 g/mol. The minimum atomic E-state index is -1.08. The highest BCUT2D eigenvalue weighted by atomic mass is 32.1. The molecule has 0 saturated heterocycles. The number of hydrogen-bond donors (Lipinski definition) is 3. The van der Waals surface area contributed by atoms with Crippen LogP contribution in [-0.4, -0.2) is 71.6 Å². The lowest BCUT2D eigenvalue weighted by atomic mass is 9.81. The van der Waals surface area contributed by atoms with Crippen LogP contribution in [0, 0.1) is 5.92 Å². The van der Waals surface area contributed by atoms with Gasteiger partial charge in [-0.1, -0.05) is 0 Å². The zero-order valence-corrected chi connectivity index (χ0v) is 19.3. The molecule has 4 N–H and O–H groups in total. The molecule has 1 fully saturated rings. The molecule has 4 amide bonds. The van der Waals surface area contributed by atoms with Crippen molar-refractivity contribution in [3.05, 3.63) is 15.6 Å². The fourth-order valence-electron chi connectivity index (χ4n) is 4.19. The first-order valence-corrected chi connectivity index (χ1v) is 11.1. The summed E-state index contributed by atoms with van der Waals surface area (Å²) in [5, 5.41) is 5.89. The zero-order valence-electron chi connectivity index (χ0n) is 18.5. The third-order valence-corrected chi connectivity index (χ3v) is 7.69. The van der Waals surface area contributed by atoms with E-state index in [9.17, 15) is 19.2 Å². The second-order valence-electron chi connectivity index (χ2n) is 8.98. The fraction of sp³-hybridized carbons (Fsp3) is 0.650. The van der Waals surface area contributed by atoms with Crippen LogP contribution >= 0.6 is 11.3 Å². The average molecular weight is 451 g/mol. The number of nitrogens with zero attached hydrogens (tertiary/aromatic N) is 3. The minimum absolute atomic E-state index is 0.0306. The average Bonchev–Trinajstić information content (AvgIpc) is 3.20. The van der Waals surface area contributed by atoms with E-state index in [1.54, 1.807) is 14.1 Å². The highest BCUT2D eigenvalue weighted by Gasteiger charge is 2.40. The first-order valence-electron chi connectivity index (χ1n) is 10.3. The lowest BCUT2D eigenvalue weighted by Crippen LogP contribution is -2.57. The van der Waals surface area contributed by atoms with Crippen molar-refractivity contribution in [2.45, 2.75) is 57.3 Å². The van der Waals surface area contributed by atoms with E-state index in [1.807, 2.05) is 7.05 Å². The highest BCUT2D eigenvalue weighted by molar-refractivity contribution is 7.14. The van der Waals surface area contributed by atoms with Crippen LogP contribution in [0.2, 0.25) is 0 Å². The van der Waals surface area contributed by atoms with Crippen molar-refractivity contribution in [2.75, 3.05) is 21.1 Å². The Morgan fingerprint density at radius 3 is 2.42 bits per heavy atom. The number of thiazole rings is 1. The Kier molecular flexibility index (Phi) is 6.38. The summed E-state index contributed by atoms with van der Waals surface area (Å²) in [6.45, 7) is 4.85. The molecule has 10 nitrogen and oxygen atoms in total. The van der Waals surface area contributed by atoms with Crippen molar-refractivity contribution in [1.29, 1.82) is 0 Å². The molecule has 3 atom stereocenters. The molecule has 3 rings (SSSR count). The molecule has 1 aliphatic heterocycles. The zero-order chi connectivity index (χ0) is 23.1. The molecule has 0 spiro atoms. The molecule has 0 aromatic carbocycles. The highest BCUT2D eigenvalue weighted by Crippen LogP contribution is 2.41. The molecule has 1 aromatic heterocycles. The summed E-state index contributed by atoms with van der Waals surface area (Å²) in [5.74, 6) is -2.65. The van der Waals surface area contributed by atoms with Gasteiger partial charge in [0.25, 0.3) is 5.91 Å². The van der Waals surface area contributed by atoms with Gasteiger partial charge in [0.05, 0.1) is 17.3 Å². The molecule has 1 saturated carbocycles. The second-order valence-corrected chi connectivity index (χ2v) is 9.98. The third-order valence-electron chi connectivity index (χ3n) is 6.29. The summed E-state index contributed by atoms with van der Waals surface area (Å²) in [7, 11) is 5.39. The van der Waals surface area contributed by atoms with Gasteiger partial charge >= 0.3 is 11.8 Å². The van der Waals surface area contributed by atoms with E-state index in [-0.39, 0.29) is 23.3 Å². The Labute approximate surface area is 185 Å². The van der Waals surface area contributed by atoms with E-state index >= 15 is 0 Å². The van der Waals surface area contributed by atoms with Crippen LogP contribution in [0.25, 0.3) is 0 Å². The number of hydrogen-bond acceptors (Lipinski definition) is 7. The van der Waals surface area contributed by atoms with Crippen LogP contribution in [-0.2, 0) is 26.5 Å². The molecule has 31 heavy (non-hydrogen) atoms. The number of carbonyl (C=O) groups is 4. The van der Waals surface area contributed by atoms with E-state index < -0.39 is 23.9 Å². The van der Waals surface area contributed by atoms with Gasteiger partial charge in [0.2, 0.25) is 5.91 Å². The number of rotatable bonds is 4. The van der Waals surface area contributed by atoms with Gasteiger partial charge in [0.1, 0.15) is 0 Å². The summed E-state index contributed by atoms with van der Waals surface area (Å²) < 4.78 is 0. The second kappa shape index (κ2) is 8.54. The summed E-state index contributed by atoms with van der Waals surface area (Å²) in [5.41, 5.74) is 5.77. The molecule has 1 aromatic rings. The van der Waals surface area contributed by atoms with Crippen LogP contribution in [0.5, 0.6) is 0 Å². The molecule has 0 bridgehead atoms. The van der Waals surface area contributed by atoms with Crippen molar-refractivity contribution in [2.24, 2.45) is 11.7 Å². The van der Waals surface area contributed by atoms with E-state index in [0.717, 1.165) is 10.6 Å². The number of nitrogens with one attached hydrogen (secondary N) is 2. The van der Waals surface area contributed by atoms with Crippen LogP contribution < -0.4 is 16.4 Å². The maximum absolute atomic E-state index is 13.0. The molecule has 11 heteroatoms. The molecule has 0 radical (unpaired) electrons. The molecular weight excluding hydrogens is 420 g/mol. The van der Waals surface area contributed by atoms with Crippen LogP contribution in [0.15, 0.2) is 0 Å². The lowest BCUT2D eigenvalue weighted by Gasteiger charge is -2.36. The molecule has 1 aliphatic carbocycles. The lowest BCUT2D eigenvalue weighted by molar-refractivity contribution is -0.138. The first-order chi connectivity index (χ1) is 14.4. The number of primary amides is 1. The summed E-state index contributed by atoms with van der Waals surface area (Å²) >= 11 is 1.36. The van der Waals surface area contributed by atoms with Crippen molar-refractivity contribution in [1.82, 2.24) is 25.4 Å². The quantitative estimate of drug-likeness (QED) is 0.542. The molecule has 2 heterocycles. The third kappa shape index (κ3) is 4.57. The van der Waals surface area contributed by atoms with Crippen molar-refractivity contribution >= 4 is 35.0 Å². The van der Waals surface area contributed by atoms with Gasteiger partial charge in [-0.3, -0.25) is 24.1 Å². The summed E-state index contributed by atoms with van der Waals surface area (Å²) in [6.07, 6.45) is 1.34. The maximum atomic E-state index is 13.0. The number of fused-ring (bicyclic) bond motifs is 1. The van der Waals surface area contributed by atoms with Gasteiger partial charge in [-0.2, -0.15) is 0 Å². The number of nitrogens with two attached hydrogens (primary N) is 1. The van der Waals surface area contributed by atoms with Crippen molar-refractivity contribution in [3.8, 4) is 0 Å². The Morgan fingerprint density at radius 1 is 1.16 bits per heavy atom. The Hall–Kier alpha value is -2.53. The van der Waals surface area contributed by atoms with Crippen LogP contribution in [0.1, 0.15) is 53.5 Å². The molecule has 170 valence electrons. The standard InChI is InChI=1S/C20H30N6O4S/c1-20(2)14-13(9-26(20)5)24-18(31-14)17(29)23-12-8-10(19(30)25(3)4)6-7-11(12)22-16(28)15(21)27/h10-12H,6-9H2,1-5H3,(H2,21,27)(H,22,28)(H,23,29)/t10-,11-,12+/m0/s1. The topological polar surface area (TPSA) is 138 Å². The number of amides is 4. The smallest absolute Gasteiger partial charge is 0.309 e. The molecule has 2 aliphatic rings. The molecule has 0 unspecified atom stereocenters. The number of aromatic nitrogens is 1. The SMILES string of the molecule is CN(C)C(=O)[C@H]1CC[C@H](NC(=O)C(N)=O)[C@H](NC(=O)c2nc3c(s2)C(C)(C)N(C)C3)C1. The number of carbonyl (C=O) groups excluding carboxylic acids is 4. The largest absolute Gasteiger partial charge is 0.361 e. The normalized spacial score (nSPS) is 24.9. The maximum Gasteiger partial charge on any atom is 0.309 e.